The number of rotatable bonds is 8. The third kappa shape index (κ3) is 6.95. The third-order valence-corrected chi connectivity index (χ3v) is 4.29. The smallest absolute Gasteiger partial charge is 0.307 e. The lowest BCUT2D eigenvalue weighted by Crippen LogP contribution is -2.21. The van der Waals surface area contributed by atoms with Crippen molar-refractivity contribution in [1.29, 1.82) is 5.26 Å². The molecule has 0 aliphatic rings. The molecule has 1 N–H and O–H groups in total. The van der Waals surface area contributed by atoms with Crippen LogP contribution in [0, 0.1) is 17.1 Å². The van der Waals surface area contributed by atoms with Gasteiger partial charge in [0, 0.05) is 16.3 Å². The number of carbonyl (C=O) groups is 2. The van der Waals surface area contributed by atoms with Gasteiger partial charge in [0.15, 0.2) is 6.61 Å². The highest BCUT2D eigenvalue weighted by Crippen LogP contribution is 2.19. The number of esters is 1. The molecule has 0 aliphatic heterocycles. The first-order valence-electron chi connectivity index (χ1n) is 7.86. The Labute approximate surface area is 155 Å². The van der Waals surface area contributed by atoms with Crippen LogP contribution in [0.5, 0.6) is 0 Å². The second-order valence-corrected chi connectivity index (χ2v) is 6.46. The van der Waals surface area contributed by atoms with Crippen molar-refractivity contribution in [2.75, 3.05) is 17.7 Å². The number of ether oxygens (including phenoxy) is 1. The van der Waals surface area contributed by atoms with Crippen LogP contribution in [0.2, 0.25) is 0 Å². The maximum Gasteiger partial charge on any atom is 0.307 e. The molecule has 0 saturated carbocycles. The summed E-state index contributed by atoms with van der Waals surface area (Å²) >= 11 is 1.41. The van der Waals surface area contributed by atoms with Crippen LogP contribution >= 0.6 is 11.8 Å². The Morgan fingerprint density at radius 2 is 1.81 bits per heavy atom. The number of benzene rings is 2. The monoisotopic (exact) mass is 372 g/mol. The van der Waals surface area contributed by atoms with Crippen LogP contribution < -0.4 is 5.32 Å². The zero-order valence-corrected chi connectivity index (χ0v) is 14.7. The Morgan fingerprint density at radius 1 is 1.12 bits per heavy atom. The molecule has 0 saturated heterocycles. The molecule has 1 amide bonds. The van der Waals surface area contributed by atoms with Crippen LogP contribution in [0.1, 0.15) is 12.0 Å². The highest BCUT2D eigenvalue weighted by atomic mass is 32.2. The molecule has 0 atom stereocenters. The molecule has 0 aliphatic carbocycles. The molecule has 5 nitrogen and oxygen atoms in total. The van der Waals surface area contributed by atoms with E-state index in [2.05, 4.69) is 5.32 Å². The topological polar surface area (TPSA) is 79.2 Å². The summed E-state index contributed by atoms with van der Waals surface area (Å²) in [6.07, 6.45) is 0.458. The van der Waals surface area contributed by atoms with Crippen molar-refractivity contribution in [1.82, 2.24) is 0 Å². The Morgan fingerprint density at radius 3 is 2.46 bits per heavy atom. The molecule has 0 fully saturated rings. The zero-order valence-electron chi connectivity index (χ0n) is 13.9. The van der Waals surface area contributed by atoms with Gasteiger partial charge in [0.05, 0.1) is 18.9 Å². The first kappa shape index (κ1) is 19.5. The highest BCUT2D eigenvalue weighted by Gasteiger charge is 2.08. The van der Waals surface area contributed by atoms with Crippen LogP contribution in [-0.4, -0.2) is 24.2 Å². The Balaban J connectivity index is 1.65. The molecule has 134 valence electrons. The van der Waals surface area contributed by atoms with Gasteiger partial charge in [-0.25, -0.2) is 4.39 Å². The lowest BCUT2D eigenvalue weighted by Gasteiger charge is -2.07. The average molecular weight is 372 g/mol. The second-order valence-electron chi connectivity index (χ2n) is 5.29. The van der Waals surface area contributed by atoms with Crippen LogP contribution in [0.25, 0.3) is 0 Å². The summed E-state index contributed by atoms with van der Waals surface area (Å²) in [5.74, 6) is -0.733. The summed E-state index contributed by atoms with van der Waals surface area (Å²) in [4.78, 5) is 24.3. The third-order valence-electron chi connectivity index (χ3n) is 3.27. The van der Waals surface area contributed by atoms with Gasteiger partial charge in [0.2, 0.25) is 0 Å². The molecule has 0 aromatic heterocycles. The van der Waals surface area contributed by atoms with Gasteiger partial charge in [-0.3, -0.25) is 9.59 Å². The minimum Gasteiger partial charge on any atom is -0.456 e. The van der Waals surface area contributed by atoms with E-state index in [0.29, 0.717) is 17.9 Å². The number of nitriles is 1. The Bertz CT molecular complexity index is 786. The summed E-state index contributed by atoms with van der Waals surface area (Å²) in [6, 6.07) is 14.9. The maximum atomic E-state index is 12.8. The van der Waals surface area contributed by atoms with Crippen molar-refractivity contribution in [2.24, 2.45) is 0 Å². The van der Waals surface area contributed by atoms with Gasteiger partial charge in [-0.15, -0.1) is 11.8 Å². The first-order chi connectivity index (χ1) is 12.6. The van der Waals surface area contributed by atoms with E-state index in [1.54, 1.807) is 36.4 Å². The van der Waals surface area contributed by atoms with Gasteiger partial charge in [-0.05, 0) is 42.0 Å². The molecule has 7 heteroatoms. The van der Waals surface area contributed by atoms with Gasteiger partial charge >= 0.3 is 5.97 Å². The van der Waals surface area contributed by atoms with E-state index >= 15 is 0 Å². The predicted octanol–water partition coefficient (Wildman–Crippen LogP) is 3.56. The quantitative estimate of drug-likeness (QED) is 0.566. The van der Waals surface area contributed by atoms with Gasteiger partial charge in [0.25, 0.3) is 5.91 Å². The molecular weight excluding hydrogens is 355 g/mol. The fourth-order valence-corrected chi connectivity index (χ4v) is 2.83. The van der Waals surface area contributed by atoms with Crippen molar-refractivity contribution in [2.45, 2.75) is 17.7 Å². The molecule has 2 rings (SSSR count). The summed E-state index contributed by atoms with van der Waals surface area (Å²) in [5.41, 5.74) is 1.43. The van der Waals surface area contributed by atoms with Crippen molar-refractivity contribution >= 4 is 29.3 Å². The molecule has 0 spiro atoms. The molecule has 2 aromatic rings. The molecular formula is C19H17FN2O3S. The van der Waals surface area contributed by atoms with E-state index in [1.165, 1.54) is 23.9 Å². The second kappa shape index (κ2) is 10.2. The van der Waals surface area contributed by atoms with E-state index in [9.17, 15) is 14.0 Å². The number of hydrogen-bond donors (Lipinski definition) is 1. The standard InChI is InChI=1S/C19H17FN2O3S/c20-15-3-7-17(8-4-15)26-12-10-19(24)25-13-18(23)22-16-5-1-14(2-6-16)9-11-21/h1-8H,9-10,12-13H2,(H,22,23). The highest BCUT2D eigenvalue weighted by molar-refractivity contribution is 7.99. The number of nitrogens with zero attached hydrogens (tertiary/aromatic N) is 1. The lowest BCUT2D eigenvalue weighted by atomic mass is 10.1. The Kier molecular flexibility index (Phi) is 7.65. The molecule has 0 bridgehead atoms. The number of hydrogen-bond acceptors (Lipinski definition) is 5. The van der Waals surface area contributed by atoms with Crippen molar-refractivity contribution in [3.63, 3.8) is 0 Å². The van der Waals surface area contributed by atoms with E-state index < -0.39 is 11.9 Å². The van der Waals surface area contributed by atoms with E-state index in [1.807, 2.05) is 6.07 Å². The number of nitrogens with one attached hydrogen (secondary N) is 1. The summed E-state index contributed by atoms with van der Waals surface area (Å²) in [6.45, 7) is -0.361. The number of carbonyl (C=O) groups excluding carboxylic acids is 2. The van der Waals surface area contributed by atoms with Crippen LogP contribution in [0.4, 0.5) is 10.1 Å². The van der Waals surface area contributed by atoms with Crippen molar-refractivity contribution < 1.29 is 18.7 Å². The summed E-state index contributed by atoms with van der Waals surface area (Å²) in [7, 11) is 0. The van der Waals surface area contributed by atoms with Crippen LogP contribution in [0.3, 0.4) is 0 Å². The molecule has 2 aromatic carbocycles. The summed E-state index contributed by atoms with van der Waals surface area (Å²) in [5, 5.41) is 11.2. The number of amides is 1. The molecule has 0 unspecified atom stereocenters. The van der Waals surface area contributed by atoms with Gasteiger partial charge < -0.3 is 10.1 Å². The first-order valence-corrected chi connectivity index (χ1v) is 8.85. The van der Waals surface area contributed by atoms with Gasteiger partial charge in [-0.2, -0.15) is 5.26 Å². The van der Waals surface area contributed by atoms with Crippen molar-refractivity contribution in [3.05, 3.63) is 59.9 Å². The normalized spacial score (nSPS) is 10.0. The lowest BCUT2D eigenvalue weighted by molar-refractivity contribution is -0.146. The minimum atomic E-state index is -0.473. The maximum absolute atomic E-state index is 12.8. The van der Waals surface area contributed by atoms with Gasteiger partial charge in [0.1, 0.15) is 5.82 Å². The fourth-order valence-electron chi connectivity index (χ4n) is 2.00. The van der Waals surface area contributed by atoms with Crippen LogP contribution in [0.15, 0.2) is 53.4 Å². The largest absolute Gasteiger partial charge is 0.456 e. The predicted molar refractivity (Wildman–Crippen MR) is 97.1 cm³/mol. The van der Waals surface area contributed by atoms with E-state index in [0.717, 1.165) is 10.5 Å². The SMILES string of the molecule is N#CCc1ccc(NC(=O)COC(=O)CCSc2ccc(F)cc2)cc1. The minimum absolute atomic E-state index is 0.151. The number of thioether (sulfide) groups is 1. The van der Waals surface area contributed by atoms with Crippen molar-refractivity contribution in [3.8, 4) is 6.07 Å². The van der Waals surface area contributed by atoms with E-state index in [-0.39, 0.29) is 18.8 Å². The molecule has 0 heterocycles. The molecule has 26 heavy (non-hydrogen) atoms. The zero-order chi connectivity index (χ0) is 18.8. The fraction of sp³-hybridized carbons (Fsp3) is 0.211. The average Bonchev–Trinajstić information content (AvgIpc) is 2.63. The van der Waals surface area contributed by atoms with Crippen LogP contribution in [-0.2, 0) is 20.7 Å². The summed E-state index contributed by atoms with van der Waals surface area (Å²) < 4.78 is 17.7. The van der Waals surface area contributed by atoms with Gasteiger partial charge in [-0.1, -0.05) is 12.1 Å². The molecule has 0 radical (unpaired) electrons. The van der Waals surface area contributed by atoms with E-state index in [4.69, 9.17) is 10.00 Å². The number of anilines is 1. The Hall–Kier alpha value is -2.85. The number of halogens is 1.